The molecule has 1 aromatic heterocycles. The predicted molar refractivity (Wildman–Crippen MR) is 54.2 cm³/mol. The third-order valence-electron chi connectivity index (χ3n) is 2.14. The lowest BCUT2D eigenvalue weighted by Gasteiger charge is -2.21. The maximum absolute atomic E-state index is 11.5. The molecule has 0 spiro atoms. The summed E-state index contributed by atoms with van der Waals surface area (Å²) in [4.78, 5) is 11.5. The molecule has 5 nitrogen and oxygen atoms in total. The highest BCUT2D eigenvalue weighted by Gasteiger charge is 2.17. The van der Waals surface area contributed by atoms with Crippen molar-refractivity contribution in [3.63, 3.8) is 0 Å². The Kier molecular flexibility index (Phi) is 3.03. The Bertz CT molecular complexity index is 294. The molecule has 1 aliphatic heterocycles. The first kappa shape index (κ1) is 9.51. The molecule has 1 atom stereocenters. The smallest absolute Gasteiger partial charge is 0.273 e. The van der Waals surface area contributed by atoms with Crippen LogP contribution in [0.3, 0.4) is 0 Å². The third kappa shape index (κ3) is 2.25. The van der Waals surface area contributed by atoms with Crippen LogP contribution in [0.5, 0.6) is 0 Å². The zero-order chi connectivity index (χ0) is 9.80. The molecule has 2 N–H and O–H groups in total. The van der Waals surface area contributed by atoms with Gasteiger partial charge in [0.25, 0.3) is 5.91 Å². The van der Waals surface area contributed by atoms with Gasteiger partial charge in [-0.3, -0.25) is 4.79 Å². The van der Waals surface area contributed by atoms with Gasteiger partial charge in [0.1, 0.15) is 0 Å². The van der Waals surface area contributed by atoms with Gasteiger partial charge in [-0.25, -0.2) is 0 Å². The highest BCUT2D eigenvalue weighted by Crippen LogP contribution is 2.16. The standard InChI is InChI=1S/C8H12N4OS/c13-8(7-4-9-12-11-7)10-6-2-1-3-14-5-6/h4,6H,1-3,5H2,(H,10,13)(H,9,11,12). The van der Waals surface area contributed by atoms with E-state index in [2.05, 4.69) is 20.7 Å². The van der Waals surface area contributed by atoms with E-state index in [1.165, 1.54) is 18.4 Å². The highest BCUT2D eigenvalue weighted by atomic mass is 32.2. The molecule has 2 rings (SSSR count). The summed E-state index contributed by atoms with van der Waals surface area (Å²) in [5, 5.41) is 12.7. The zero-order valence-corrected chi connectivity index (χ0v) is 8.51. The van der Waals surface area contributed by atoms with Gasteiger partial charge >= 0.3 is 0 Å². The summed E-state index contributed by atoms with van der Waals surface area (Å²) in [6.07, 6.45) is 3.68. The molecule has 0 aliphatic carbocycles. The normalized spacial score (nSPS) is 21.9. The van der Waals surface area contributed by atoms with E-state index in [1.807, 2.05) is 11.8 Å². The van der Waals surface area contributed by atoms with Crippen LogP contribution < -0.4 is 5.32 Å². The van der Waals surface area contributed by atoms with E-state index in [0.29, 0.717) is 5.69 Å². The van der Waals surface area contributed by atoms with Crippen LogP contribution >= 0.6 is 11.8 Å². The fraction of sp³-hybridized carbons (Fsp3) is 0.625. The van der Waals surface area contributed by atoms with E-state index in [0.717, 1.165) is 12.2 Å². The van der Waals surface area contributed by atoms with Crippen LogP contribution in [0.1, 0.15) is 23.3 Å². The minimum Gasteiger partial charge on any atom is -0.347 e. The van der Waals surface area contributed by atoms with E-state index in [1.54, 1.807) is 0 Å². The average Bonchev–Trinajstić information content (AvgIpc) is 2.72. The predicted octanol–water partition coefficient (Wildman–Crippen LogP) is 0.430. The van der Waals surface area contributed by atoms with Crippen molar-refractivity contribution in [2.75, 3.05) is 11.5 Å². The number of carbonyl (C=O) groups excluding carboxylic acids is 1. The monoisotopic (exact) mass is 212 g/mol. The maximum atomic E-state index is 11.5. The number of carbonyl (C=O) groups is 1. The van der Waals surface area contributed by atoms with Crippen LogP contribution in [-0.4, -0.2) is 38.9 Å². The van der Waals surface area contributed by atoms with Gasteiger partial charge in [0.05, 0.1) is 6.20 Å². The number of amides is 1. The Balaban J connectivity index is 1.87. The van der Waals surface area contributed by atoms with Crippen molar-refractivity contribution in [2.24, 2.45) is 0 Å². The zero-order valence-electron chi connectivity index (χ0n) is 7.69. The number of nitrogens with one attached hydrogen (secondary N) is 2. The molecule has 0 radical (unpaired) electrons. The topological polar surface area (TPSA) is 70.7 Å². The van der Waals surface area contributed by atoms with Crippen molar-refractivity contribution in [3.05, 3.63) is 11.9 Å². The molecule has 6 heteroatoms. The summed E-state index contributed by atoms with van der Waals surface area (Å²) >= 11 is 1.88. The number of rotatable bonds is 2. The summed E-state index contributed by atoms with van der Waals surface area (Å²) in [6, 6.07) is 0.290. The van der Waals surface area contributed by atoms with Gasteiger partial charge in [0, 0.05) is 11.8 Å². The molecule has 1 amide bonds. The number of H-pyrrole nitrogens is 1. The molecule has 14 heavy (non-hydrogen) atoms. The minimum atomic E-state index is -0.133. The van der Waals surface area contributed by atoms with Gasteiger partial charge in [-0.15, -0.1) is 0 Å². The summed E-state index contributed by atoms with van der Waals surface area (Å²) in [7, 11) is 0. The Labute approximate surface area is 86.0 Å². The minimum absolute atomic E-state index is 0.133. The van der Waals surface area contributed by atoms with Crippen molar-refractivity contribution in [1.82, 2.24) is 20.7 Å². The second-order valence-electron chi connectivity index (χ2n) is 3.24. The molecular weight excluding hydrogens is 200 g/mol. The average molecular weight is 212 g/mol. The Morgan fingerprint density at radius 1 is 1.71 bits per heavy atom. The first-order chi connectivity index (χ1) is 6.86. The highest BCUT2D eigenvalue weighted by molar-refractivity contribution is 7.99. The molecule has 0 bridgehead atoms. The van der Waals surface area contributed by atoms with Crippen molar-refractivity contribution < 1.29 is 4.79 Å². The number of thioether (sulfide) groups is 1. The SMILES string of the molecule is O=C(NC1CCCSC1)c1cn[nH]n1. The summed E-state index contributed by atoms with van der Waals surface area (Å²) in [5.41, 5.74) is 0.362. The van der Waals surface area contributed by atoms with E-state index in [-0.39, 0.29) is 11.9 Å². The van der Waals surface area contributed by atoms with Gasteiger partial charge in [0.15, 0.2) is 5.69 Å². The maximum Gasteiger partial charge on any atom is 0.273 e. The fourth-order valence-corrected chi connectivity index (χ4v) is 2.50. The molecule has 1 unspecified atom stereocenters. The fourth-order valence-electron chi connectivity index (χ4n) is 1.42. The van der Waals surface area contributed by atoms with Gasteiger partial charge in [-0.1, -0.05) is 0 Å². The quantitative estimate of drug-likeness (QED) is 0.746. The van der Waals surface area contributed by atoms with Crippen LogP contribution in [-0.2, 0) is 0 Å². The molecule has 0 aromatic carbocycles. The van der Waals surface area contributed by atoms with Crippen molar-refractivity contribution in [2.45, 2.75) is 18.9 Å². The van der Waals surface area contributed by atoms with E-state index >= 15 is 0 Å². The number of hydrogen-bond donors (Lipinski definition) is 2. The lowest BCUT2D eigenvalue weighted by atomic mass is 10.2. The molecule has 1 saturated heterocycles. The number of nitrogens with zero attached hydrogens (tertiary/aromatic N) is 2. The summed E-state index contributed by atoms with van der Waals surface area (Å²) < 4.78 is 0. The number of hydrogen-bond acceptors (Lipinski definition) is 4. The van der Waals surface area contributed by atoms with E-state index < -0.39 is 0 Å². The second-order valence-corrected chi connectivity index (χ2v) is 4.39. The Morgan fingerprint density at radius 3 is 3.29 bits per heavy atom. The molecule has 2 heterocycles. The van der Waals surface area contributed by atoms with Crippen LogP contribution in [0.4, 0.5) is 0 Å². The van der Waals surface area contributed by atoms with Gasteiger partial charge in [-0.2, -0.15) is 27.2 Å². The van der Waals surface area contributed by atoms with Crippen molar-refractivity contribution in [1.29, 1.82) is 0 Å². The van der Waals surface area contributed by atoms with E-state index in [9.17, 15) is 4.79 Å². The molecular formula is C8H12N4OS. The number of aromatic nitrogens is 3. The third-order valence-corrected chi connectivity index (χ3v) is 3.36. The van der Waals surface area contributed by atoms with Gasteiger partial charge < -0.3 is 5.32 Å². The largest absolute Gasteiger partial charge is 0.347 e. The lowest BCUT2D eigenvalue weighted by Crippen LogP contribution is -2.38. The first-order valence-corrected chi connectivity index (χ1v) is 5.76. The van der Waals surface area contributed by atoms with Gasteiger partial charge in [-0.05, 0) is 18.6 Å². The summed E-state index contributed by atoms with van der Waals surface area (Å²) in [6.45, 7) is 0. The van der Waals surface area contributed by atoms with Crippen LogP contribution in [0, 0.1) is 0 Å². The van der Waals surface area contributed by atoms with Crippen LogP contribution in [0.15, 0.2) is 6.20 Å². The van der Waals surface area contributed by atoms with Gasteiger partial charge in [0.2, 0.25) is 0 Å². The molecule has 1 aromatic rings. The Hall–Kier alpha value is -1.04. The van der Waals surface area contributed by atoms with Crippen LogP contribution in [0.2, 0.25) is 0 Å². The van der Waals surface area contributed by atoms with Crippen LogP contribution in [0.25, 0.3) is 0 Å². The number of aromatic amines is 1. The lowest BCUT2D eigenvalue weighted by molar-refractivity contribution is 0.0933. The van der Waals surface area contributed by atoms with E-state index in [4.69, 9.17) is 0 Å². The van der Waals surface area contributed by atoms with Crippen molar-refractivity contribution >= 4 is 17.7 Å². The Morgan fingerprint density at radius 2 is 2.64 bits per heavy atom. The molecule has 76 valence electrons. The molecule has 1 aliphatic rings. The summed E-state index contributed by atoms with van der Waals surface area (Å²) in [5.74, 6) is 2.08. The van der Waals surface area contributed by atoms with Crippen molar-refractivity contribution in [3.8, 4) is 0 Å². The molecule has 1 fully saturated rings. The second kappa shape index (κ2) is 4.45. The molecule has 0 saturated carbocycles. The first-order valence-electron chi connectivity index (χ1n) is 4.60.